The monoisotopic (exact) mass is 296 g/mol. The molecule has 4 bridgehead atoms. The highest BCUT2D eigenvalue weighted by atomic mass is 16.6. The Balaban J connectivity index is 1.77. The molecule has 4 saturated carbocycles. The quantitative estimate of drug-likeness (QED) is 0.625. The van der Waals surface area contributed by atoms with Crippen LogP contribution >= 0.6 is 0 Å². The van der Waals surface area contributed by atoms with E-state index in [0.29, 0.717) is 25.4 Å². The van der Waals surface area contributed by atoms with E-state index in [2.05, 4.69) is 0 Å². The van der Waals surface area contributed by atoms with Crippen molar-refractivity contribution in [2.45, 2.75) is 45.1 Å². The van der Waals surface area contributed by atoms with Gasteiger partial charge in [0.15, 0.2) is 0 Å². The predicted octanol–water partition coefficient (Wildman–Crippen LogP) is 1.37. The molecule has 2 atom stereocenters. The molecule has 0 radical (unpaired) electrons. The molecule has 4 rings (SSSR count). The fourth-order valence-corrected chi connectivity index (χ4v) is 4.88. The molecule has 6 heteroatoms. The fourth-order valence-electron chi connectivity index (χ4n) is 4.88. The van der Waals surface area contributed by atoms with Gasteiger partial charge in [0, 0.05) is 0 Å². The minimum Gasteiger partial charge on any atom is -0.473 e. The largest absolute Gasteiger partial charge is 0.473 e. The third-order valence-corrected chi connectivity index (χ3v) is 5.31. The molecule has 4 aliphatic carbocycles. The maximum absolute atomic E-state index is 12.3. The number of carbonyl (C=O) groups is 3. The molecule has 0 saturated heterocycles. The first-order chi connectivity index (χ1) is 9.95. The zero-order valence-electron chi connectivity index (χ0n) is 12.0. The third kappa shape index (κ3) is 2.30. The van der Waals surface area contributed by atoms with E-state index in [1.807, 2.05) is 0 Å². The smallest absolute Gasteiger partial charge is 0.417 e. The van der Waals surface area contributed by atoms with E-state index in [9.17, 15) is 14.4 Å². The van der Waals surface area contributed by atoms with Crippen molar-refractivity contribution in [3.05, 3.63) is 0 Å². The van der Waals surface area contributed by atoms with Crippen LogP contribution in [0.25, 0.3) is 0 Å². The first kappa shape index (κ1) is 14.4. The number of esters is 2. The lowest BCUT2D eigenvalue weighted by atomic mass is 9.48. The van der Waals surface area contributed by atoms with E-state index < -0.39 is 17.4 Å². The zero-order chi connectivity index (χ0) is 15.2. The Morgan fingerprint density at radius 2 is 1.76 bits per heavy atom. The zero-order valence-corrected chi connectivity index (χ0v) is 12.0. The van der Waals surface area contributed by atoms with E-state index in [-0.39, 0.29) is 23.9 Å². The fraction of sp³-hybridized carbons (Fsp3) is 0.800. The van der Waals surface area contributed by atoms with Crippen LogP contribution in [-0.4, -0.2) is 35.7 Å². The molecule has 4 aliphatic rings. The van der Waals surface area contributed by atoms with Gasteiger partial charge in [0.25, 0.3) is 0 Å². The number of carboxylic acid groups (broad SMARTS) is 1. The summed E-state index contributed by atoms with van der Waals surface area (Å²) in [7, 11) is 0. The van der Waals surface area contributed by atoms with Crippen LogP contribution in [0, 0.1) is 23.2 Å². The third-order valence-electron chi connectivity index (χ3n) is 5.31. The molecule has 1 N–H and O–H groups in total. The lowest BCUT2D eigenvalue weighted by molar-refractivity contribution is -0.198. The molecule has 116 valence electrons. The van der Waals surface area contributed by atoms with Gasteiger partial charge in [-0.15, -0.1) is 0 Å². The highest BCUT2D eigenvalue weighted by Crippen LogP contribution is 2.61. The number of hydrogen-bond donors (Lipinski definition) is 1. The molecular formula is C15H20O6. The standard InChI is InChI=1S/C15H20O6/c1-2-20-14(19)15-5-8-3-9(6-15)11(10(4-8)7-15)21-13(18)12(16)17/h8-11H,2-7H2,1H3,(H,16,17). The first-order valence-corrected chi connectivity index (χ1v) is 7.56. The Labute approximate surface area is 122 Å². The van der Waals surface area contributed by atoms with Crippen molar-refractivity contribution in [3.63, 3.8) is 0 Å². The van der Waals surface area contributed by atoms with Crippen LogP contribution in [-0.2, 0) is 23.9 Å². The van der Waals surface area contributed by atoms with Gasteiger partial charge in [0.1, 0.15) is 6.10 Å². The van der Waals surface area contributed by atoms with Gasteiger partial charge < -0.3 is 14.6 Å². The van der Waals surface area contributed by atoms with Crippen molar-refractivity contribution < 1.29 is 29.0 Å². The number of rotatable bonds is 3. The van der Waals surface area contributed by atoms with Crippen molar-refractivity contribution in [3.8, 4) is 0 Å². The number of carboxylic acids is 1. The molecule has 0 aromatic heterocycles. The summed E-state index contributed by atoms with van der Waals surface area (Å²) in [6.45, 7) is 2.17. The highest BCUT2D eigenvalue weighted by molar-refractivity contribution is 6.28. The summed E-state index contributed by atoms with van der Waals surface area (Å²) in [6.07, 6.45) is 3.63. The molecule has 21 heavy (non-hydrogen) atoms. The summed E-state index contributed by atoms with van der Waals surface area (Å²) >= 11 is 0. The van der Waals surface area contributed by atoms with E-state index in [1.54, 1.807) is 6.92 Å². The molecule has 0 aliphatic heterocycles. The number of carbonyl (C=O) groups excluding carboxylic acids is 2. The minimum absolute atomic E-state index is 0.0870. The van der Waals surface area contributed by atoms with Crippen molar-refractivity contribution >= 4 is 17.9 Å². The van der Waals surface area contributed by atoms with Crippen LogP contribution in [0.4, 0.5) is 0 Å². The van der Waals surface area contributed by atoms with E-state index in [0.717, 1.165) is 19.3 Å². The first-order valence-electron chi connectivity index (χ1n) is 7.56. The summed E-state index contributed by atoms with van der Waals surface area (Å²) in [5.74, 6) is -2.23. The molecule has 6 nitrogen and oxygen atoms in total. The maximum Gasteiger partial charge on any atom is 0.417 e. The normalized spacial score (nSPS) is 39.9. The van der Waals surface area contributed by atoms with Crippen molar-refractivity contribution in [2.75, 3.05) is 6.61 Å². The topological polar surface area (TPSA) is 89.9 Å². The number of hydrogen-bond acceptors (Lipinski definition) is 5. The average molecular weight is 296 g/mol. The van der Waals surface area contributed by atoms with Crippen molar-refractivity contribution in [1.82, 2.24) is 0 Å². The Kier molecular flexibility index (Phi) is 3.42. The minimum atomic E-state index is -1.55. The van der Waals surface area contributed by atoms with Crippen LogP contribution in [0.1, 0.15) is 39.0 Å². The molecule has 0 spiro atoms. The van der Waals surface area contributed by atoms with Crippen LogP contribution in [0.2, 0.25) is 0 Å². The van der Waals surface area contributed by atoms with Crippen LogP contribution < -0.4 is 0 Å². The molecule has 2 unspecified atom stereocenters. The van der Waals surface area contributed by atoms with E-state index in [4.69, 9.17) is 14.6 Å². The van der Waals surface area contributed by atoms with E-state index >= 15 is 0 Å². The highest BCUT2D eigenvalue weighted by Gasteiger charge is 2.60. The Morgan fingerprint density at radius 3 is 2.29 bits per heavy atom. The summed E-state index contributed by atoms with van der Waals surface area (Å²) in [4.78, 5) is 34.3. The van der Waals surface area contributed by atoms with Gasteiger partial charge in [0.2, 0.25) is 0 Å². The molecular weight excluding hydrogens is 276 g/mol. The Hall–Kier alpha value is -1.59. The molecule has 0 amide bonds. The second-order valence-corrected chi connectivity index (χ2v) is 6.65. The molecule has 0 heterocycles. The average Bonchev–Trinajstić information content (AvgIpc) is 2.42. The summed E-state index contributed by atoms with van der Waals surface area (Å²) in [5.41, 5.74) is -0.432. The SMILES string of the molecule is CCOC(=O)C12CC3CC(C1)C(OC(=O)C(=O)O)C(C3)C2. The van der Waals surface area contributed by atoms with Crippen LogP contribution in [0.3, 0.4) is 0 Å². The predicted molar refractivity (Wildman–Crippen MR) is 70.1 cm³/mol. The second kappa shape index (κ2) is 5.00. The van der Waals surface area contributed by atoms with Crippen LogP contribution in [0.5, 0.6) is 0 Å². The van der Waals surface area contributed by atoms with Gasteiger partial charge in [-0.25, -0.2) is 9.59 Å². The number of ether oxygens (including phenoxy) is 2. The summed E-state index contributed by atoms with van der Waals surface area (Å²) in [6, 6.07) is 0. The lowest BCUT2D eigenvalue weighted by Gasteiger charge is -2.57. The second-order valence-electron chi connectivity index (χ2n) is 6.65. The molecule has 4 fully saturated rings. The number of aliphatic carboxylic acids is 1. The van der Waals surface area contributed by atoms with Gasteiger partial charge >= 0.3 is 17.9 Å². The maximum atomic E-state index is 12.3. The van der Waals surface area contributed by atoms with Crippen LogP contribution in [0.15, 0.2) is 0 Å². The van der Waals surface area contributed by atoms with E-state index in [1.165, 1.54) is 0 Å². The van der Waals surface area contributed by atoms with Crippen molar-refractivity contribution in [1.29, 1.82) is 0 Å². The van der Waals surface area contributed by atoms with Gasteiger partial charge in [-0.2, -0.15) is 0 Å². The van der Waals surface area contributed by atoms with Gasteiger partial charge in [-0.1, -0.05) is 0 Å². The summed E-state index contributed by atoms with van der Waals surface area (Å²) < 4.78 is 10.4. The lowest BCUT2D eigenvalue weighted by Crippen LogP contribution is -2.57. The Bertz CT molecular complexity index is 469. The van der Waals surface area contributed by atoms with Crippen molar-refractivity contribution in [2.24, 2.45) is 23.2 Å². The summed E-state index contributed by atoms with van der Waals surface area (Å²) in [5, 5.41) is 8.70. The molecule has 0 aromatic carbocycles. The van der Waals surface area contributed by atoms with Gasteiger partial charge in [0.05, 0.1) is 12.0 Å². The van der Waals surface area contributed by atoms with Gasteiger partial charge in [-0.05, 0) is 56.8 Å². The van der Waals surface area contributed by atoms with Gasteiger partial charge in [-0.3, -0.25) is 4.79 Å². The Morgan fingerprint density at radius 1 is 1.14 bits per heavy atom. The molecule has 0 aromatic rings.